The summed E-state index contributed by atoms with van der Waals surface area (Å²) in [4.78, 5) is 12.3. The van der Waals surface area contributed by atoms with E-state index in [1.165, 1.54) is 173 Å². The lowest BCUT2D eigenvalue weighted by Gasteiger charge is -2.22. The molecule has 0 rings (SSSR count). The van der Waals surface area contributed by atoms with Gasteiger partial charge in [0, 0.05) is 6.42 Å². The highest BCUT2D eigenvalue weighted by Gasteiger charge is 2.19. The molecule has 2 unspecified atom stereocenters. The van der Waals surface area contributed by atoms with Crippen LogP contribution in [0.4, 0.5) is 0 Å². The van der Waals surface area contributed by atoms with Crippen LogP contribution in [-0.2, 0) is 4.79 Å². The lowest BCUT2D eigenvalue weighted by atomic mass is 10.0. The van der Waals surface area contributed by atoms with E-state index >= 15 is 0 Å². The highest BCUT2D eigenvalue weighted by atomic mass is 16.3. The van der Waals surface area contributed by atoms with Gasteiger partial charge in [-0.3, -0.25) is 4.79 Å². The third-order valence-corrected chi connectivity index (χ3v) is 9.37. The Morgan fingerprint density at radius 1 is 0.465 bits per heavy atom. The molecule has 3 N–H and O–H groups in total. The topological polar surface area (TPSA) is 69.6 Å². The first-order valence-electron chi connectivity index (χ1n) is 19.7. The predicted molar refractivity (Wildman–Crippen MR) is 189 cm³/mol. The monoisotopic (exact) mass is 610 g/mol. The maximum Gasteiger partial charge on any atom is 0.220 e. The summed E-state index contributed by atoms with van der Waals surface area (Å²) in [7, 11) is 0. The molecular formula is C39H79NO3. The van der Waals surface area contributed by atoms with Crippen LogP contribution in [0.25, 0.3) is 0 Å². The molecule has 4 nitrogen and oxygen atoms in total. The largest absolute Gasteiger partial charge is 0.394 e. The number of unbranched alkanes of at least 4 members (excludes halogenated alkanes) is 29. The normalized spacial score (nSPS) is 12.9. The summed E-state index contributed by atoms with van der Waals surface area (Å²) < 4.78 is 0. The smallest absolute Gasteiger partial charge is 0.220 e. The number of amides is 1. The Kier molecular flexibility index (Phi) is 35.4. The van der Waals surface area contributed by atoms with E-state index in [4.69, 9.17) is 0 Å². The molecule has 0 aromatic heterocycles. The van der Waals surface area contributed by atoms with Gasteiger partial charge in [0.15, 0.2) is 0 Å². The van der Waals surface area contributed by atoms with E-state index in [-0.39, 0.29) is 12.5 Å². The van der Waals surface area contributed by atoms with Crippen molar-refractivity contribution in [2.75, 3.05) is 6.61 Å². The highest BCUT2D eigenvalue weighted by molar-refractivity contribution is 5.76. The third kappa shape index (κ3) is 32.6. The molecule has 0 aliphatic carbocycles. The number of aliphatic hydroxyl groups excluding tert-OH is 2. The lowest BCUT2D eigenvalue weighted by Crippen LogP contribution is -2.45. The van der Waals surface area contributed by atoms with E-state index in [2.05, 4.69) is 19.2 Å². The van der Waals surface area contributed by atoms with Gasteiger partial charge in [-0.1, -0.05) is 206 Å². The van der Waals surface area contributed by atoms with Gasteiger partial charge in [0.05, 0.1) is 18.8 Å². The molecule has 0 saturated heterocycles. The Hall–Kier alpha value is -0.610. The molecule has 0 aliphatic heterocycles. The van der Waals surface area contributed by atoms with E-state index in [0.29, 0.717) is 12.8 Å². The number of hydrogen-bond donors (Lipinski definition) is 3. The van der Waals surface area contributed by atoms with Gasteiger partial charge in [0.2, 0.25) is 5.91 Å². The Labute approximate surface area is 270 Å². The average Bonchev–Trinajstić information content (AvgIpc) is 3.01. The fourth-order valence-electron chi connectivity index (χ4n) is 6.30. The first-order valence-corrected chi connectivity index (χ1v) is 19.7. The van der Waals surface area contributed by atoms with E-state index < -0.39 is 12.1 Å². The fourth-order valence-corrected chi connectivity index (χ4v) is 6.30. The van der Waals surface area contributed by atoms with Gasteiger partial charge in [0.25, 0.3) is 0 Å². The van der Waals surface area contributed by atoms with Crippen LogP contribution in [0.1, 0.15) is 226 Å². The highest BCUT2D eigenvalue weighted by Crippen LogP contribution is 2.16. The van der Waals surface area contributed by atoms with Crippen molar-refractivity contribution in [1.82, 2.24) is 5.32 Å². The molecular weight excluding hydrogens is 530 g/mol. The van der Waals surface area contributed by atoms with Gasteiger partial charge in [0.1, 0.15) is 0 Å². The van der Waals surface area contributed by atoms with Crippen LogP contribution in [0.5, 0.6) is 0 Å². The Morgan fingerprint density at radius 2 is 0.744 bits per heavy atom. The zero-order valence-electron chi connectivity index (χ0n) is 29.5. The number of carbonyl (C=O) groups excluding carboxylic acids is 1. The third-order valence-electron chi connectivity index (χ3n) is 9.37. The van der Waals surface area contributed by atoms with Gasteiger partial charge < -0.3 is 15.5 Å². The molecule has 0 spiro atoms. The molecule has 2 atom stereocenters. The summed E-state index contributed by atoms with van der Waals surface area (Å²) >= 11 is 0. The summed E-state index contributed by atoms with van der Waals surface area (Å²) in [6.07, 6.45) is 41.9. The lowest BCUT2D eigenvalue weighted by molar-refractivity contribution is -0.123. The fraction of sp³-hybridized carbons (Fsp3) is 0.974. The minimum atomic E-state index is -0.649. The van der Waals surface area contributed by atoms with Gasteiger partial charge in [-0.05, 0) is 12.8 Å². The molecule has 0 radical (unpaired) electrons. The molecule has 0 fully saturated rings. The zero-order valence-corrected chi connectivity index (χ0v) is 29.5. The SMILES string of the molecule is CCCCCCCCCCCCCCCCCCCCCCCCCCC(=O)NC(CO)C(O)CCCCCCCCC. The van der Waals surface area contributed by atoms with Crippen molar-refractivity contribution in [3.63, 3.8) is 0 Å². The molecule has 43 heavy (non-hydrogen) atoms. The molecule has 1 amide bonds. The summed E-state index contributed by atoms with van der Waals surface area (Å²) in [5, 5.41) is 22.9. The maximum absolute atomic E-state index is 12.3. The Balaban J connectivity index is 3.37. The van der Waals surface area contributed by atoms with E-state index in [0.717, 1.165) is 25.7 Å². The minimum absolute atomic E-state index is 0.0310. The van der Waals surface area contributed by atoms with Crippen molar-refractivity contribution >= 4 is 5.91 Å². The van der Waals surface area contributed by atoms with Gasteiger partial charge in [-0.2, -0.15) is 0 Å². The van der Waals surface area contributed by atoms with Crippen molar-refractivity contribution in [1.29, 1.82) is 0 Å². The summed E-state index contributed by atoms with van der Waals surface area (Å²) in [6, 6.07) is -0.526. The molecule has 0 aliphatic rings. The van der Waals surface area contributed by atoms with Crippen molar-refractivity contribution < 1.29 is 15.0 Å². The minimum Gasteiger partial charge on any atom is -0.394 e. The van der Waals surface area contributed by atoms with Crippen LogP contribution in [-0.4, -0.2) is 34.9 Å². The Morgan fingerprint density at radius 3 is 1.05 bits per heavy atom. The van der Waals surface area contributed by atoms with Crippen LogP contribution in [0.15, 0.2) is 0 Å². The summed E-state index contributed by atoms with van der Waals surface area (Å²) in [5.74, 6) is -0.0310. The molecule has 0 saturated carbocycles. The van der Waals surface area contributed by atoms with Gasteiger partial charge in [-0.25, -0.2) is 0 Å². The van der Waals surface area contributed by atoms with Crippen molar-refractivity contribution in [2.45, 2.75) is 238 Å². The number of aliphatic hydroxyl groups is 2. The van der Waals surface area contributed by atoms with Gasteiger partial charge >= 0.3 is 0 Å². The first-order chi connectivity index (χ1) is 21.2. The van der Waals surface area contributed by atoms with Crippen molar-refractivity contribution in [2.24, 2.45) is 0 Å². The van der Waals surface area contributed by atoms with Crippen LogP contribution in [0, 0.1) is 0 Å². The molecule has 0 aromatic rings. The number of rotatable bonds is 36. The first kappa shape index (κ1) is 42.4. The number of nitrogens with one attached hydrogen (secondary N) is 1. The molecule has 4 heteroatoms. The molecule has 258 valence electrons. The van der Waals surface area contributed by atoms with Crippen LogP contribution < -0.4 is 5.32 Å². The second kappa shape index (κ2) is 35.9. The van der Waals surface area contributed by atoms with Crippen molar-refractivity contribution in [3.8, 4) is 0 Å². The van der Waals surface area contributed by atoms with E-state index in [1.54, 1.807) is 0 Å². The number of hydrogen-bond acceptors (Lipinski definition) is 3. The quantitative estimate of drug-likeness (QED) is 0.0619. The van der Waals surface area contributed by atoms with Crippen LogP contribution in [0.2, 0.25) is 0 Å². The van der Waals surface area contributed by atoms with E-state index in [1.807, 2.05) is 0 Å². The van der Waals surface area contributed by atoms with Gasteiger partial charge in [-0.15, -0.1) is 0 Å². The zero-order chi connectivity index (χ0) is 31.5. The molecule has 0 aromatic carbocycles. The number of carbonyl (C=O) groups is 1. The standard InChI is InChI=1S/C39H79NO3/c1-3-5-7-9-11-12-13-14-15-16-17-18-19-20-21-22-23-24-25-26-27-29-31-33-35-39(43)40-37(36-41)38(42)34-32-30-28-10-8-6-4-2/h37-38,41-42H,3-36H2,1-2H3,(H,40,43). The second-order valence-electron chi connectivity index (χ2n) is 13.7. The van der Waals surface area contributed by atoms with Crippen molar-refractivity contribution in [3.05, 3.63) is 0 Å². The summed E-state index contributed by atoms with van der Waals surface area (Å²) in [5.41, 5.74) is 0. The maximum atomic E-state index is 12.3. The predicted octanol–water partition coefficient (Wildman–Crippen LogP) is 11.7. The second-order valence-corrected chi connectivity index (χ2v) is 13.7. The Bertz CT molecular complexity index is 541. The van der Waals surface area contributed by atoms with Crippen LogP contribution in [0.3, 0.4) is 0 Å². The average molecular weight is 610 g/mol. The summed E-state index contributed by atoms with van der Waals surface area (Å²) in [6.45, 7) is 4.33. The van der Waals surface area contributed by atoms with E-state index in [9.17, 15) is 15.0 Å². The molecule has 0 bridgehead atoms. The molecule has 0 heterocycles. The van der Waals surface area contributed by atoms with Crippen LogP contribution >= 0.6 is 0 Å².